The Morgan fingerprint density at radius 3 is 1.71 bits per heavy atom. The molecular formula is C50H68N17O27P5. The zero-order valence-corrected chi connectivity index (χ0v) is 56.0. The number of nitrogens with two attached hydrogens (primary N) is 3. The fourth-order valence-corrected chi connectivity index (χ4v) is 15.9. The number of phosphoric acid groups is 4. The number of aliphatic hydroxyl groups excluding tert-OH is 3. The third-order valence-corrected chi connectivity index (χ3v) is 20.7. The van der Waals surface area contributed by atoms with Crippen LogP contribution in [0.4, 0.5) is 17.7 Å². The van der Waals surface area contributed by atoms with Gasteiger partial charge in [0.15, 0.2) is 61.5 Å². The van der Waals surface area contributed by atoms with Crippen molar-refractivity contribution in [1.82, 2.24) is 63.5 Å². The lowest BCUT2D eigenvalue weighted by atomic mass is 10.1. The summed E-state index contributed by atoms with van der Waals surface area (Å²) in [7, 11) is -22.0. The number of aromatic nitrogens is 12. The van der Waals surface area contributed by atoms with E-state index in [0.29, 0.717) is 19.3 Å². The van der Waals surface area contributed by atoms with Crippen LogP contribution in [0.15, 0.2) is 70.4 Å². The number of imidazole rings is 3. The van der Waals surface area contributed by atoms with Crippen LogP contribution in [0.2, 0.25) is 0 Å². The topological polar surface area (TPSA) is 604 Å². The quantitative estimate of drug-likeness (QED) is 0.0999. The maximum atomic E-state index is 14.3. The molecule has 4 saturated heterocycles. The maximum absolute atomic E-state index is 14.3. The zero-order valence-electron chi connectivity index (χ0n) is 51.4. The molecule has 13 unspecified atom stereocenters. The first-order valence-electron chi connectivity index (χ1n) is 30.2. The number of oxime groups is 1. The zero-order chi connectivity index (χ0) is 70.0. The molecular weight excluding hydrogens is 1430 g/mol. The fraction of sp³-hybridized carbons (Fsp3) is 0.560. The van der Waals surface area contributed by atoms with E-state index in [1.165, 1.54) is 10.9 Å². The first kappa shape index (κ1) is 72.6. The van der Waals surface area contributed by atoms with E-state index in [0.717, 1.165) is 39.9 Å². The van der Waals surface area contributed by atoms with Crippen molar-refractivity contribution in [3.05, 3.63) is 81.9 Å². The van der Waals surface area contributed by atoms with Gasteiger partial charge in [0.25, 0.3) is 11.1 Å². The molecule has 12 rings (SSSR count). The number of hydrogen-bond acceptors (Lipinski definition) is 35. The third kappa shape index (κ3) is 17.2. The molecule has 0 aliphatic carbocycles. The van der Waals surface area contributed by atoms with Crippen LogP contribution in [0, 0.1) is 5.92 Å². The summed E-state index contributed by atoms with van der Waals surface area (Å²) in [6.45, 7) is -3.98. The van der Waals surface area contributed by atoms with Crippen LogP contribution >= 0.6 is 40.3 Å². The number of rotatable bonds is 5. The van der Waals surface area contributed by atoms with Crippen LogP contribution in [-0.4, -0.2) is 225 Å². The highest BCUT2D eigenvalue weighted by Crippen LogP contribution is 2.54. The molecule has 4 fully saturated rings. The van der Waals surface area contributed by atoms with Gasteiger partial charge in [-0.2, -0.15) is 9.97 Å². The lowest BCUT2D eigenvalue weighted by molar-refractivity contribution is -0.0535. The number of nitrogen functional groups attached to an aromatic ring is 3. The van der Waals surface area contributed by atoms with E-state index in [9.17, 15) is 62.7 Å². The van der Waals surface area contributed by atoms with Gasteiger partial charge >= 0.3 is 31.3 Å². The highest BCUT2D eigenvalue weighted by Gasteiger charge is 2.53. The number of nitrogens with zero attached hydrogens (tertiary/aromatic N) is 12. The lowest BCUT2D eigenvalue weighted by Crippen LogP contribution is -2.36. The molecule has 0 amide bonds. The van der Waals surface area contributed by atoms with E-state index in [2.05, 4.69) is 50.0 Å². The van der Waals surface area contributed by atoms with Gasteiger partial charge in [-0.25, -0.2) is 43.2 Å². The van der Waals surface area contributed by atoms with Crippen molar-refractivity contribution in [2.24, 2.45) is 11.1 Å². The number of phosphoric ester groups is 4. The van der Waals surface area contributed by atoms with Crippen molar-refractivity contribution < 1.29 is 117 Å². The summed E-state index contributed by atoms with van der Waals surface area (Å²) < 4.78 is 133. The third-order valence-electron chi connectivity index (χ3n) is 16.1. The number of anilines is 3. The van der Waals surface area contributed by atoms with Crippen molar-refractivity contribution >= 4 is 97.7 Å². The van der Waals surface area contributed by atoms with Gasteiger partial charge in [0, 0.05) is 25.6 Å². The Labute approximate surface area is 558 Å². The summed E-state index contributed by atoms with van der Waals surface area (Å²) in [5.74, 6) is -1.75. The molecule has 99 heavy (non-hydrogen) atoms. The average molecular weight is 1490 g/mol. The van der Waals surface area contributed by atoms with Gasteiger partial charge in [0.2, 0.25) is 11.9 Å². The Hall–Kier alpha value is -6.15. The van der Waals surface area contributed by atoms with Gasteiger partial charge in [-0.1, -0.05) is 41.9 Å². The molecule has 0 radical (unpaired) electrons. The molecule has 44 nitrogen and oxygen atoms in total. The van der Waals surface area contributed by atoms with Gasteiger partial charge in [-0.15, -0.1) is 0 Å². The number of H-pyrrole nitrogens is 2. The van der Waals surface area contributed by atoms with Gasteiger partial charge < -0.3 is 80.2 Å². The normalized spacial score (nSPS) is 35.5. The van der Waals surface area contributed by atoms with Crippen molar-refractivity contribution in [2.45, 2.75) is 112 Å². The molecule has 0 spiro atoms. The Morgan fingerprint density at radius 1 is 0.556 bits per heavy atom. The first-order chi connectivity index (χ1) is 47.3. The van der Waals surface area contributed by atoms with Crippen LogP contribution in [0.5, 0.6) is 0 Å². The summed E-state index contributed by atoms with van der Waals surface area (Å²) in [6, 6.07) is 8.98. The van der Waals surface area contributed by atoms with Gasteiger partial charge in [0.1, 0.15) is 73.4 Å². The van der Waals surface area contributed by atoms with Crippen molar-refractivity contribution in [2.75, 3.05) is 76.5 Å². The number of aliphatic hydroxyl groups is 3. The van der Waals surface area contributed by atoms with Crippen molar-refractivity contribution in [3.63, 3.8) is 0 Å². The average Bonchev–Trinajstić information content (AvgIpc) is 1.63. The second kappa shape index (κ2) is 30.8. The molecule has 15 N–H and O–H groups in total. The molecule has 11 heterocycles. The molecule has 6 aromatic heterocycles. The van der Waals surface area contributed by atoms with Crippen molar-refractivity contribution in [3.8, 4) is 0 Å². The summed E-state index contributed by atoms with van der Waals surface area (Å²) >= 11 is 0. The van der Waals surface area contributed by atoms with Crippen LogP contribution < -0.4 is 28.3 Å². The highest BCUT2D eigenvalue weighted by molar-refractivity contribution is 7.48. The van der Waals surface area contributed by atoms with Crippen LogP contribution in [0.3, 0.4) is 0 Å². The summed E-state index contributed by atoms with van der Waals surface area (Å²) in [4.78, 5) is 111. The molecule has 49 heteroatoms. The standard InChI is InChI=1S/C50H68N17O27P5/c51-40-31-41(55-21-54-40)65(22-56-31)47-35(69)38-28(88-47)18-82-95-91-37-29(89-46(34(37)68)66-23-57-32-42(66)60-49(52)62-44(32)71)19-87-98(77,78)92-27-16-64(14-25-8-4-3-5-9-25)15-26(27)17-85-99(79,80)94-39-30(90-48(36(39)70)67-24-58-33-43(67)61-50(53)63-45(33)72)20-86-96(73,74)83-12-7-2-1-6-11-81-59-10-13-84-97(75,76)93-38/h3-5,8-10,21-24,26-30,34-39,46-48,68-70,95H,1-2,6-7,11-20H2,(H,73,74)(H,75,76)(H,77,78)(H,79,80)(H2,51,54,55)(H3,52,60,62,71)(H3,53,61,63,72)/t26?,27?,28?,29?,30?,34-,35-,36+,37?,38?,39?,46-,47-,48+/m1/s1. The second-order valence-electron chi connectivity index (χ2n) is 22.9. The molecule has 540 valence electrons. The number of nitrogens with one attached hydrogen (secondary N) is 2. The Kier molecular flexibility index (Phi) is 22.6. The summed E-state index contributed by atoms with van der Waals surface area (Å²) in [5.41, 5.74) is 16.4. The van der Waals surface area contributed by atoms with E-state index in [1.807, 2.05) is 12.1 Å². The minimum atomic E-state index is -5.43. The van der Waals surface area contributed by atoms with Crippen LogP contribution in [0.25, 0.3) is 33.5 Å². The van der Waals surface area contributed by atoms with Crippen LogP contribution in [0.1, 0.15) is 49.9 Å². The molecule has 7 aromatic rings. The largest absolute Gasteiger partial charge is 0.473 e. The van der Waals surface area contributed by atoms with E-state index in [-0.39, 0.29) is 90.5 Å². The lowest BCUT2D eigenvalue weighted by Gasteiger charge is -2.26. The monoisotopic (exact) mass is 1490 g/mol. The minimum Gasteiger partial charge on any atom is -0.396 e. The highest BCUT2D eigenvalue weighted by atomic mass is 31.2. The van der Waals surface area contributed by atoms with E-state index >= 15 is 0 Å². The van der Waals surface area contributed by atoms with Gasteiger partial charge in [0.05, 0.1) is 70.9 Å². The SMILES string of the molecule is Nc1nc2c(ncn2[C@@H]2OC3COP(=O)(O)OC4CN(Cc5ccccc5)CC4COP(=O)(O)OC4C(COP(=O)(O)OCCCCCCON=CCOP(=O)(O)OC5C(COPOC3[C@H]2O)O[C@@H](n2cnc3c(N)ncnc32)[C@@H]5O)O[C@H](n2cnc3c(=O)[nH]c(N)nc32)[C@H]4O)c(=O)[nH]1. The number of aromatic amines is 2. The minimum absolute atomic E-state index is 0.0144. The second-order valence-corrected chi connectivity index (χ2v) is 29.3. The first-order valence-corrected chi connectivity index (χ1v) is 37.0. The number of ether oxygens (including phenoxy) is 3. The smallest absolute Gasteiger partial charge is 0.396 e. The molecule has 0 saturated carbocycles. The fourth-order valence-electron chi connectivity index (χ4n) is 11.6. The number of hydrogen-bond donors (Lipinski definition) is 12. The van der Waals surface area contributed by atoms with Gasteiger partial charge in [-0.05, 0) is 24.8 Å². The number of benzene rings is 1. The van der Waals surface area contributed by atoms with Gasteiger partial charge in [-0.3, -0.25) is 74.3 Å². The maximum Gasteiger partial charge on any atom is 0.473 e. The summed E-state index contributed by atoms with van der Waals surface area (Å²) in [6.07, 6.45) is -14.2. The predicted molar refractivity (Wildman–Crippen MR) is 336 cm³/mol. The van der Waals surface area contributed by atoms with Crippen LogP contribution in [-0.2, 0) is 89.1 Å². The molecule has 19 atom stereocenters. The van der Waals surface area contributed by atoms with E-state index in [4.69, 9.17) is 81.5 Å². The summed E-state index contributed by atoms with van der Waals surface area (Å²) in [5, 5.41) is 39.3. The van der Waals surface area contributed by atoms with Crippen molar-refractivity contribution in [1.29, 1.82) is 0 Å². The molecule has 1 aromatic carbocycles. The predicted octanol–water partition coefficient (Wildman–Crippen LogP) is -0.127. The number of fused-ring (bicyclic) bond motifs is 7. The Bertz CT molecular complexity index is 4330. The Balaban J connectivity index is 0.799. The number of likely N-dealkylation sites (tertiary alicyclic amines) is 1. The van der Waals surface area contributed by atoms with E-state index < -0.39 is 170 Å². The molecule has 5 aliphatic heterocycles. The Morgan fingerprint density at radius 2 is 1.08 bits per heavy atom. The molecule has 0 bridgehead atoms. The van der Waals surface area contributed by atoms with E-state index in [1.54, 1.807) is 23.1 Å². The molecule has 5 aliphatic rings.